The van der Waals surface area contributed by atoms with E-state index in [-0.39, 0.29) is 19.7 Å². The summed E-state index contributed by atoms with van der Waals surface area (Å²) in [5.74, 6) is -0.849. The SMILES string of the molecule is C=CCCNC(=O)[C@H]1CN(C(=O)OC(C)(C)C)CC(=O)N1c1cccc(C(CC=C)NC(=O)OCc2ccccc2)c1. The summed E-state index contributed by atoms with van der Waals surface area (Å²) in [6.07, 6.45) is 3.03. The maximum Gasteiger partial charge on any atom is 0.410 e. The van der Waals surface area contributed by atoms with Crippen LogP contribution in [0.4, 0.5) is 15.3 Å². The Balaban J connectivity index is 1.83. The third kappa shape index (κ3) is 9.22. The summed E-state index contributed by atoms with van der Waals surface area (Å²) in [6.45, 7) is 12.8. The van der Waals surface area contributed by atoms with Crippen molar-refractivity contribution in [3.8, 4) is 0 Å². The van der Waals surface area contributed by atoms with Crippen molar-refractivity contribution in [2.24, 2.45) is 0 Å². The molecular weight excluding hydrogens is 536 g/mol. The number of carbonyl (C=O) groups excluding carboxylic acids is 4. The quantitative estimate of drug-likeness (QED) is 0.291. The van der Waals surface area contributed by atoms with Crippen molar-refractivity contribution in [1.82, 2.24) is 15.5 Å². The zero-order chi connectivity index (χ0) is 30.7. The standard InChI is InChI=1S/C32H40N4O6/c1-6-8-18-33-29(38)27-20-35(31(40)42-32(3,4)5)21-28(37)36(27)25-17-12-16-24(19-25)26(13-7-2)34-30(39)41-22-23-14-10-9-11-15-23/h6-7,9-12,14-17,19,26-27H,1-2,8,13,18,20-22H2,3-5H3,(H,33,38)(H,34,39)/t26?,27-/m1/s1. The van der Waals surface area contributed by atoms with Gasteiger partial charge in [-0.25, -0.2) is 9.59 Å². The molecule has 1 unspecified atom stereocenters. The largest absolute Gasteiger partial charge is 0.445 e. The number of ether oxygens (including phenoxy) is 2. The van der Waals surface area contributed by atoms with E-state index in [1.807, 2.05) is 36.4 Å². The second kappa shape index (κ2) is 14.9. The Kier molecular flexibility index (Phi) is 11.3. The number of piperazine rings is 1. The minimum atomic E-state index is -1.000. The highest BCUT2D eigenvalue weighted by molar-refractivity contribution is 6.04. The van der Waals surface area contributed by atoms with Gasteiger partial charge in [0.2, 0.25) is 11.8 Å². The van der Waals surface area contributed by atoms with Crippen molar-refractivity contribution in [2.45, 2.75) is 57.9 Å². The average Bonchev–Trinajstić information content (AvgIpc) is 2.95. The van der Waals surface area contributed by atoms with Crippen LogP contribution in [0.2, 0.25) is 0 Å². The summed E-state index contributed by atoms with van der Waals surface area (Å²) in [5.41, 5.74) is 1.25. The summed E-state index contributed by atoms with van der Waals surface area (Å²) in [5, 5.41) is 5.69. The van der Waals surface area contributed by atoms with Crippen LogP contribution in [0.1, 0.15) is 50.8 Å². The topological polar surface area (TPSA) is 117 Å². The van der Waals surface area contributed by atoms with E-state index in [4.69, 9.17) is 9.47 Å². The van der Waals surface area contributed by atoms with Crippen LogP contribution in [-0.2, 0) is 25.7 Å². The summed E-state index contributed by atoms with van der Waals surface area (Å²) in [6, 6.07) is 14.9. The summed E-state index contributed by atoms with van der Waals surface area (Å²) in [7, 11) is 0. The first-order chi connectivity index (χ1) is 20.0. The minimum absolute atomic E-state index is 0.0506. The Bertz CT molecular complexity index is 1270. The van der Waals surface area contributed by atoms with Gasteiger partial charge in [-0.05, 0) is 56.9 Å². The molecule has 3 rings (SSSR count). The maximum atomic E-state index is 13.5. The van der Waals surface area contributed by atoms with Gasteiger partial charge in [0.1, 0.15) is 24.8 Å². The highest BCUT2D eigenvalue weighted by atomic mass is 16.6. The predicted octanol–water partition coefficient (Wildman–Crippen LogP) is 4.87. The zero-order valence-electron chi connectivity index (χ0n) is 24.5. The first-order valence-corrected chi connectivity index (χ1v) is 13.9. The lowest BCUT2D eigenvalue weighted by molar-refractivity contribution is -0.129. The van der Waals surface area contributed by atoms with Crippen molar-refractivity contribution in [3.05, 3.63) is 91.0 Å². The molecule has 10 nitrogen and oxygen atoms in total. The molecule has 0 bridgehead atoms. The van der Waals surface area contributed by atoms with E-state index in [0.717, 1.165) is 5.56 Å². The van der Waals surface area contributed by atoms with Gasteiger partial charge in [-0.15, -0.1) is 13.2 Å². The Morgan fingerprint density at radius 3 is 2.48 bits per heavy atom. The molecule has 0 aromatic heterocycles. The van der Waals surface area contributed by atoms with E-state index < -0.39 is 41.7 Å². The number of hydrogen-bond acceptors (Lipinski definition) is 6. The van der Waals surface area contributed by atoms with Gasteiger partial charge in [0.15, 0.2) is 0 Å². The lowest BCUT2D eigenvalue weighted by Gasteiger charge is -2.40. The second-order valence-electron chi connectivity index (χ2n) is 10.9. The molecule has 1 fully saturated rings. The number of alkyl carbamates (subject to hydrolysis) is 1. The average molecular weight is 577 g/mol. The van der Waals surface area contributed by atoms with Gasteiger partial charge in [0, 0.05) is 12.2 Å². The Labute approximate surface area is 247 Å². The van der Waals surface area contributed by atoms with E-state index >= 15 is 0 Å². The molecule has 0 spiro atoms. The van der Waals surface area contributed by atoms with Crippen molar-refractivity contribution in [1.29, 1.82) is 0 Å². The molecule has 2 aromatic rings. The molecule has 10 heteroatoms. The van der Waals surface area contributed by atoms with E-state index in [1.54, 1.807) is 51.1 Å². The Morgan fingerprint density at radius 2 is 1.81 bits per heavy atom. The van der Waals surface area contributed by atoms with Crippen LogP contribution < -0.4 is 15.5 Å². The maximum absolute atomic E-state index is 13.5. The Hall–Kier alpha value is -4.60. The molecule has 0 aliphatic carbocycles. The number of nitrogens with zero attached hydrogens (tertiary/aromatic N) is 2. The smallest absolute Gasteiger partial charge is 0.410 e. The van der Waals surface area contributed by atoms with Gasteiger partial charge in [-0.3, -0.25) is 19.4 Å². The fourth-order valence-corrected chi connectivity index (χ4v) is 4.42. The molecular formula is C32H40N4O6. The molecule has 42 heavy (non-hydrogen) atoms. The van der Waals surface area contributed by atoms with Crippen LogP contribution >= 0.6 is 0 Å². The summed E-state index contributed by atoms with van der Waals surface area (Å²) >= 11 is 0. The summed E-state index contributed by atoms with van der Waals surface area (Å²) in [4.78, 5) is 54.9. The molecule has 2 N–H and O–H groups in total. The third-order valence-corrected chi connectivity index (χ3v) is 6.36. The third-order valence-electron chi connectivity index (χ3n) is 6.36. The van der Waals surface area contributed by atoms with Crippen LogP contribution in [-0.4, -0.2) is 60.2 Å². The van der Waals surface area contributed by atoms with E-state index in [9.17, 15) is 19.2 Å². The van der Waals surface area contributed by atoms with Crippen LogP contribution in [0.5, 0.6) is 0 Å². The van der Waals surface area contributed by atoms with E-state index in [0.29, 0.717) is 30.6 Å². The van der Waals surface area contributed by atoms with E-state index in [2.05, 4.69) is 23.8 Å². The zero-order valence-corrected chi connectivity index (χ0v) is 24.5. The van der Waals surface area contributed by atoms with Gasteiger partial charge in [-0.1, -0.05) is 54.6 Å². The second-order valence-corrected chi connectivity index (χ2v) is 10.9. The number of amides is 4. The number of hydrogen-bond donors (Lipinski definition) is 2. The summed E-state index contributed by atoms with van der Waals surface area (Å²) < 4.78 is 10.9. The first kappa shape index (κ1) is 31.9. The van der Waals surface area contributed by atoms with Crippen LogP contribution in [0.25, 0.3) is 0 Å². The number of carbonyl (C=O) groups is 4. The van der Waals surface area contributed by atoms with Crippen molar-refractivity contribution >= 4 is 29.7 Å². The molecule has 0 radical (unpaired) electrons. The monoisotopic (exact) mass is 576 g/mol. The van der Waals surface area contributed by atoms with Crippen molar-refractivity contribution in [2.75, 3.05) is 24.5 Å². The lowest BCUT2D eigenvalue weighted by atomic mass is 10.0. The molecule has 1 aliphatic heterocycles. The molecule has 2 atom stereocenters. The molecule has 224 valence electrons. The van der Waals surface area contributed by atoms with Crippen molar-refractivity contribution < 1.29 is 28.7 Å². The Morgan fingerprint density at radius 1 is 1.07 bits per heavy atom. The van der Waals surface area contributed by atoms with Gasteiger partial charge in [0.25, 0.3) is 0 Å². The van der Waals surface area contributed by atoms with Gasteiger partial charge in [0.05, 0.1) is 12.6 Å². The van der Waals surface area contributed by atoms with E-state index in [1.165, 1.54) is 9.80 Å². The van der Waals surface area contributed by atoms with Gasteiger partial charge < -0.3 is 20.1 Å². The van der Waals surface area contributed by atoms with Crippen molar-refractivity contribution in [3.63, 3.8) is 0 Å². The fourth-order valence-electron chi connectivity index (χ4n) is 4.42. The highest BCUT2D eigenvalue weighted by Crippen LogP contribution is 2.28. The number of anilines is 1. The fraction of sp³-hybridized carbons (Fsp3) is 0.375. The molecule has 4 amide bonds. The lowest BCUT2D eigenvalue weighted by Crippen LogP contribution is -2.63. The number of benzene rings is 2. The first-order valence-electron chi connectivity index (χ1n) is 13.9. The molecule has 0 saturated carbocycles. The van der Waals surface area contributed by atoms with Crippen LogP contribution in [0, 0.1) is 0 Å². The molecule has 1 saturated heterocycles. The van der Waals surface area contributed by atoms with Crippen LogP contribution in [0.3, 0.4) is 0 Å². The predicted molar refractivity (Wildman–Crippen MR) is 161 cm³/mol. The van der Waals surface area contributed by atoms with Crippen LogP contribution in [0.15, 0.2) is 79.9 Å². The molecule has 1 aliphatic rings. The number of rotatable bonds is 11. The molecule has 2 aromatic carbocycles. The normalized spacial score (nSPS) is 15.8. The molecule has 1 heterocycles. The minimum Gasteiger partial charge on any atom is -0.445 e. The highest BCUT2D eigenvalue weighted by Gasteiger charge is 2.41. The van der Waals surface area contributed by atoms with Gasteiger partial charge in [-0.2, -0.15) is 0 Å². The number of nitrogens with one attached hydrogen (secondary N) is 2. The van der Waals surface area contributed by atoms with Gasteiger partial charge >= 0.3 is 12.2 Å².